The van der Waals surface area contributed by atoms with Gasteiger partial charge in [-0.2, -0.15) is 0 Å². The summed E-state index contributed by atoms with van der Waals surface area (Å²) < 4.78 is 15.9. The molecule has 0 bridgehead atoms. The van der Waals surface area contributed by atoms with Crippen LogP contribution in [0.5, 0.6) is 11.5 Å². The molecule has 0 radical (unpaired) electrons. The van der Waals surface area contributed by atoms with Gasteiger partial charge in [0.1, 0.15) is 26.7 Å². The van der Waals surface area contributed by atoms with E-state index >= 15 is 0 Å². The van der Waals surface area contributed by atoms with Crippen molar-refractivity contribution in [2.75, 3.05) is 19.8 Å². The summed E-state index contributed by atoms with van der Waals surface area (Å²) in [5.74, 6) is -0.330. The van der Waals surface area contributed by atoms with Crippen LogP contribution in [0.2, 0.25) is 20.1 Å². The van der Waals surface area contributed by atoms with E-state index in [2.05, 4.69) is 0 Å². The Bertz CT molecular complexity index is 431. The molecule has 1 atom stereocenters. The Hall–Kier alpha value is -0.100. The van der Waals surface area contributed by atoms with Gasteiger partial charge in [-0.15, -0.1) is 0 Å². The van der Waals surface area contributed by atoms with E-state index in [1.54, 1.807) is 0 Å². The molecule has 1 saturated heterocycles. The van der Waals surface area contributed by atoms with Gasteiger partial charge in [-0.1, -0.05) is 46.4 Å². The molecule has 1 aliphatic rings. The molecule has 8 heteroatoms. The lowest BCUT2D eigenvalue weighted by molar-refractivity contribution is -0.170. The minimum absolute atomic E-state index is 0.0299. The van der Waals surface area contributed by atoms with Crippen LogP contribution in [0.1, 0.15) is 0 Å². The largest absolute Gasteiger partial charge is 0.505 e. The SMILES string of the molecule is Oc1c(Cl)c(Cl)c(OC2COCCO2)c(Cl)c1Cl. The van der Waals surface area contributed by atoms with Crippen LogP contribution in [0.3, 0.4) is 0 Å². The second-order valence-corrected chi connectivity index (χ2v) is 4.94. The summed E-state index contributed by atoms with van der Waals surface area (Å²) in [4.78, 5) is 0. The Balaban J connectivity index is 2.32. The molecule has 1 aliphatic heterocycles. The summed E-state index contributed by atoms with van der Waals surface area (Å²) in [6, 6.07) is 0. The van der Waals surface area contributed by atoms with Crippen molar-refractivity contribution >= 4 is 46.4 Å². The third-order valence-corrected chi connectivity index (χ3v) is 3.89. The van der Waals surface area contributed by atoms with Gasteiger partial charge in [0, 0.05) is 0 Å². The Morgan fingerprint density at radius 3 is 2.11 bits per heavy atom. The van der Waals surface area contributed by atoms with Crippen LogP contribution in [-0.4, -0.2) is 31.2 Å². The highest BCUT2D eigenvalue weighted by molar-refractivity contribution is 6.50. The summed E-state index contributed by atoms with van der Waals surface area (Å²) in [6.07, 6.45) is -0.648. The second-order valence-electron chi connectivity index (χ2n) is 3.43. The first-order valence-electron chi connectivity index (χ1n) is 4.93. The number of hydrogen-bond donors (Lipinski definition) is 1. The summed E-state index contributed by atoms with van der Waals surface area (Å²) in [7, 11) is 0. The molecule has 2 rings (SSSR count). The predicted molar refractivity (Wildman–Crippen MR) is 69.3 cm³/mol. The minimum atomic E-state index is -0.648. The fourth-order valence-electron chi connectivity index (χ4n) is 1.37. The summed E-state index contributed by atoms with van der Waals surface area (Å²) in [5.41, 5.74) is 0. The topological polar surface area (TPSA) is 47.9 Å². The molecule has 0 aliphatic carbocycles. The molecule has 1 heterocycles. The lowest BCUT2D eigenvalue weighted by Crippen LogP contribution is -2.33. The normalized spacial score (nSPS) is 19.9. The molecular weight excluding hydrogens is 326 g/mol. The second kappa shape index (κ2) is 5.90. The van der Waals surface area contributed by atoms with E-state index in [4.69, 9.17) is 60.6 Å². The molecule has 1 aromatic rings. The average molecular weight is 334 g/mol. The van der Waals surface area contributed by atoms with Gasteiger partial charge in [-0.05, 0) is 0 Å². The van der Waals surface area contributed by atoms with Crippen molar-refractivity contribution < 1.29 is 19.3 Å². The van der Waals surface area contributed by atoms with E-state index in [0.717, 1.165) is 0 Å². The van der Waals surface area contributed by atoms with Crippen LogP contribution in [0.25, 0.3) is 0 Å². The zero-order chi connectivity index (χ0) is 13.3. The average Bonchev–Trinajstić information content (AvgIpc) is 2.40. The highest BCUT2D eigenvalue weighted by atomic mass is 35.5. The molecule has 0 spiro atoms. The molecule has 0 aromatic heterocycles. The Morgan fingerprint density at radius 2 is 1.61 bits per heavy atom. The maximum atomic E-state index is 9.55. The number of hydrogen-bond acceptors (Lipinski definition) is 4. The molecule has 1 aromatic carbocycles. The first-order valence-corrected chi connectivity index (χ1v) is 6.44. The first-order chi connectivity index (χ1) is 8.52. The third kappa shape index (κ3) is 2.74. The van der Waals surface area contributed by atoms with Crippen molar-refractivity contribution in [3.63, 3.8) is 0 Å². The Labute approximate surface area is 123 Å². The predicted octanol–water partition coefficient (Wildman–Crippen LogP) is 3.76. The van der Waals surface area contributed by atoms with Crippen LogP contribution in [0, 0.1) is 0 Å². The van der Waals surface area contributed by atoms with E-state index in [-0.39, 0.29) is 38.2 Å². The van der Waals surface area contributed by atoms with Gasteiger partial charge < -0.3 is 19.3 Å². The number of benzene rings is 1. The highest BCUT2D eigenvalue weighted by Gasteiger charge is 2.25. The zero-order valence-electron chi connectivity index (χ0n) is 8.88. The van der Waals surface area contributed by atoms with E-state index in [1.165, 1.54) is 0 Å². The van der Waals surface area contributed by atoms with Gasteiger partial charge in [-0.3, -0.25) is 0 Å². The Kier molecular flexibility index (Phi) is 4.69. The fraction of sp³-hybridized carbons (Fsp3) is 0.400. The van der Waals surface area contributed by atoms with Crippen molar-refractivity contribution in [3.05, 3.63) is 20.1 Å². The molecular formula is C10H8Cl4O4. The van der Waals surface area contributed by atoms with E-state index in [0.29, 0.717) is 13.2 Å². The summed E-state index contributed by atoms with van der Waals surface area (Å²) in [6.45, 7) is 1.14. The zero-order valence-corrected chi connectivity index (χ0v) is 11.9. The fourth-order valence-corrected chi connectivity index (χ4v) is 2.28. The first kappa shape index (κ1) is 14.3. The standard InChI is InChI=1S/C10H8Cl4O4/c11-5-7(13)10(8(14)6(12)9(5)15)18-4-3-16-1-2-17-4/h4,15H,1-3H2. The minimum Gasteiger partial charge on any atom is -0.505 e. The summed E-state index contributed by atoms with van der Waals surface area (Å²) >= 11 is 23.5. The molecule has 100 valence electrons. The molecule has 1 fully saturated rings. The van der Waals surface area contributed by atoms with Gasteiger partial charge in [-0.25, -0.2) is 0 Å². The maximum Gasteiger partial charge on any atom is 0.223 e. The molecule has 4 nitrogen and oxygen atoms in total. The lowest BCUT2D eigenvalue weighted by atomic mass is 10.3. The van der Waals surface area contributed by atoms with Gasteiger partial charge in [0.05, 0.1) is 13.2 Å². The number of rotatable bonds is 2. The lowest BCUT2D eigenvalue weighted by Gasteiger charge is -2.25. The van der Waals surface area contributed by atoms with Crippen molar-refractivity contribution in [1.82, 2.24) is 0 Å². The number of ether oxygens (including phenoxy) is 3. The molecule has 0 amide bonds. The van der Waals surface area contributed by atoms with Crippen LogP contribution in [-0.2, 0) is 9.47 Å². The Morgan fingerprint density at radius 1 is 1.00 bits per heavy atom. The van der Waals surface area contributed by atoms with Crippen molar-refractivity contribution in [1.29, 1.82) is 0 Å². The van der Waals surface area contributed by atoms with Gasteiger partial charge in [0.15, 0.2) is 11.5 Å². The molecule has 1 unspecified atom stereocenters. The monoisotopic (exact) mass is 332 g/mol. The number of phenolic OH excluding ortho intramolecular Hbond substituents is 1. The molecule has 18 heavy (non-hydrogen) atoms. The van der Waals surface area contributed by atoms with Gasteiger partial charge >= 0.3 is 0 Å². The molecule has 0 saturated carbocycles. The quantitative estimate of drug-likeness (QED) is 0.837. The maximum absolute atomic E-state index is 9.55. The number of halogens is 4. The van der Waals surface area contributed by atoms with Crippen molar-refractivity contribution in [2.45, 2.75) is 6.29 Å². The van der Waals surface area contributed by atoms with Crippen LogP contribution in [0.15, 0.2) is 0 Å². The molecule has 1 N–H and O–H groups in total. The van der Waals surface area contributed by atoms with E-state index < -0.39 is 6.29 Å². The van der Waals surface area contributed by atoms with Crippen LogP contribution in [0.4, 0.5) is 0 Å². The van der Waals surface area contributed by atoms with Crippen LogP contribution < -0.4 is 4.74 Å². The highest BCUT2D eigenvalue weighted by Crippen LogP contribution is 2.49. The van der Waals surface area contributed by atoms with Gasteiger partial charge in [0.2, 0.25) is 6.29 Å². The van der Waals surface area contributed by atoms with Crippen molar-refractivity contribution in [2.24, 2.45) is 0 Å². The number of phenols is 1. The number of aromatic hydroxyl groups is 1. The smallest absolute Gasteiger partial charge is 0.223 e. The third-order valence-electron chi connectivity index (χ3n) is 2.23. The van der Waals surface area contributed by atoms with Gasteiger partial charge in [0.25, 0.3) is 0 Å². The van der Waals surface area contributed by atoms with E-state index in [9.17, 15) is 5.11 Å². The summed E-state index contributed by atoms with van der Waals surface area (Å²) in [5, 5.41) is 9.24. The van der Waals surface area contributed by atoms with Crippen molar-refractivity contribution in [3.8, 4) is 11.5 Å². The van der Waals surface area contributed by atoms with Crippen LogP contribution >= 0.6 is 46.4 Å². The van der Waals surface area contributed by atoms with E-state index in [1.807, 2.05) is 0 Å².